The summed E-state index contributed by atoms with van der Waals surface area (Å²) < 4.78 is 1.26. The number of nitrogens with one attached hydrogen (secondary N) is 1. The van der Waals surface area contributed by atoms with Crippen LogP contribution in [-0.2, 0) is 6.54 Å². The van der Waals surface area contributed by atoms with Crippen LogP contribution >= 0.6 is 27.3 Å². The lowest BCUT2D eigenvalue weighted by Crippen LogP contribution is -2.59. The Balaban J connectivity index is 2.13. The highest BCUT2D eigenvalue weighted by Crippen LogP contribution is 2.31. The van der Waals surface area contributed by atoms with Crippen LogP contribution in [0.3, 0.4) is 0 Å². The fraction of sp³-hybridized carbons (Fsp3) is 0.733. The lowest BCUT2D eigenvalue weighted by atomic mass is 9.83. The summed E-state index contributed by atoms with van der Waals surface area (Å²) in [6.45, 7) is 12.6. The minimum Gasteiger partial charge on any atom is -0.311 e. The Labute approximate surface area is 129 Å². The topological polar surface area (TPSA) is 15.3 Å². The van der Waals surface area contributed by atoms with Gasteiger partial charge < -0.3 is 5.32 Å². The van der Waals surface area contributed by atoms with Crippen molar-refractivity contribution < 1.29 is 0 Å². The molecule has 2 nitrogen and oxygen atoms in total. The van der Waals surface area contributed by atoms with Gasteiger partial charge in [-0.1, -0.05) is 27.7 Å². The maximum absolute atomic E-state index is 3.70. The summed E-state index contributed by atoms with van der Waals surface area (Å²) in [6, 6.07) is 3.40. The van der Waals surface area contributed by atoms with Crippen LogP contribution in [0.2, 0.25) is 0 Å². The van der Waals surface area contributed by atoms with E-state index in [1.54, 1.807) is 0 Å². The van der Waals surface area contributed by atoms with Crippen LogP contribution < -0.4 is 5.32 Å². The molecule has 4 heteroatoms. The molecular formula is C15H25BrN2S. The van der Waals surface area contributed by atoms with Crippen molar-refractivity contribution in [3.8, 4) is 0 Å². The maximum atomic E-state index is 3.70. The molecule has 108 valence electrons. The Kier molecular flexibility index (Phi) is 5.09. The Hall–Kier alpha value is 0.1000. The van der Waals surface area contributed by atoms with Gasteiger partial charge in [-0.15, -0.1) is 11.3 Å². The number of rotatable bonds is 3. The van der Waals surface area contributed by atoms with E-state index in [9.17, 15) is 0 Å². The third-order valence-electron chi connectivity index (χ3n) is 4.03. The minimum absolute atomic E-state index is 0.315. The molecule has 1 aromatic rings. The third kappa shape index (κ3) is 3.81. The van der Waals surface area contributed by atoms with E-state index in [0.29, 0.717) is 17.5 Å². The fourth-order valence-corrected chi connectivity index (χ4v) is 4.31. The van der Waals surface area contributed by atoms with Crippen LogP contribution in [0.15, 0.2) is 15.9 Å². The van der Waals surface area contributed by atoms with Crippen LogP contribution in [0.4, 0.5) is 0 Å². The molecule has 0 amide bonds. The molecule has 0 bridgehead atoms. The summed E-state index contributed by atoms with van der Waals surface area (Å²) in [4.78, 5) is 4.12. The van der Waals surface area contributed by atoms with Crippen molar-refractivity contribution >= 4 is 27.3 Å². The molecule has 1 aromatic heterocycles. The van der Waals surface area contributed by atoms with E-state index in [1.165, 1.54) is 15.8 Å². The van der Waals surface area contributed by atoms with Crippen molar-refractivity contribution in [3.63, 3.8) is 0 Å². The zero-order valence-electron chi connectivity index (χ0n) is 12.4. The minimum atomic E-state index is 0.315. The smallest absolute Gasteiger partial charge is 0.0343 e. The summed E-state index contributed by atoms with van der Waals surface area (Å²) in [7, 11) is 0. The lowest BCUT2D eigenvalue weighted by molar-refractivity contribution is 0.0492. The molecule has 0 spiro atoms. The predicted molar refractivity (Wildman–Crippen MR) is 87.8 cm³/mol. The Bertz CT molecular complexity index is 411. The quantitative estimate of drug-likeness (QED) is 0.887. The normalized spacial score (nSPS) is 25.7. The van der Waals surface area contributed by atoms with Gasteiger partial charge in [-0.05, 0) is 39.2 Å². The number of hydrogen-bond donors (Lipinski definition) is 1. The molecule has 19 heavy (non-hydrogen) atoms. The average Bonchev–Trinajstić information content (AvgIpc) is 2.73. The van der Waals surface area contributed by atoms with E-state index >= 15 is 0 Å². The second-order valence-electron chi connectivity index (χ2n) is 6.52. The number of hydrogen-bond acceptors (Lipinski definition) is 3. The van der Waals surface area contributed by atoms with Crippen LogP contribution in [0.25, 0.3) is 0 Å². The van der Waals surface area contributed by atoms with Crippen molar-refractivity contribution in [3.05, 3.63) is 20.8 Å². The zero-order valence-corrected chi connectivity index (χ0v) is 14.8. The van der Waals surface area contributed by atoms with Gasteiger partial charge in [-0.2, -0.15) is 0 Å². The molecule has 1 saturated heterocycles. The second-order valence-corrected chi connectivity index (χ2v) is 8.37. The second kappa shape index (κ2) is 6.25. The first kappa shape index (κ1) is 15.5. The van der Waals surface area contributed by atoms with Crippen LogP contribution in [0.5, 0.6) is 0 Å². The largest absolute Gasteiger partial charge is 0.311 e. The highest BCUT2D eigenvalue weighted by atomic mass is 79.9. The number of thiophene rings is 1. The molecule has 0 saturated carbocycles. The molecule has 1 aliphatic rings. The summed E-state index contributed by atoms with van der Waals surface area (Å²) in [5, 5.41) is 5.87. The number of nitrogens with zero attached hydrogens (tertiary/aromatic N) is 1. The molecule has 2 unspecified atom stereocenters. The zero-order chi connectivity index (χ0) is 14.0. The third-order valence-corrected chi connectivity index (χ3v) is 5.94. The molecule has 0 radical (unpaired) electrons. The van der Waals surface area contributed by atoms with Gasteiger partial charge >= 0.3 is 0 Å². The van der Waals surface area contributed by atoms with Gasteiger partial charge in [0.05, 0.1) is 0 Å². The Morgan fingerprint density at radius 2 is 2.21 bits per heavy atom. The first-order valence-electron chi connectivity index (χ1n) is 7.11. The van der Waals surface area contributed by atoms with E-state index in [-0.39, 0.29) is 0 Å². The first-order chi connectivity index (χ1) is 8.91. The Morgan fingerprint density at radius 1 is 1.47 bits per heavy atom. The molecule has 2 heterocycles. The van der Waals surface area contributed by atoms with E-state index in [4.69, 9.17) is 0 Å². The summed E-state index contributed by atoms with van der Waals surface area (Å²) in [5.41, 5.74) is 0.315. The van der Waals surface area contributed by atoms with Crippen molar-refractivity contribution in [2.24, 2.45) is 5.41 Å². The first-order valence-corrected chi connectivity index (χ1v) is 8.78. The van der Waals surface area contributed by atoms with E-state index < -0.39 is 0 Å². The van der Waals surface area contributed by atoms with Crippen LogP contribution in [0, 0.1) is 5.41 Å². The SMILES string of the molecule is CCC1CN(Cc2sccc2Br)C(C(C)(C)C)CN1. The van der Waals surface area contributed by atoms with E-state index in [0.717, 1.165) is 19.6 Å². The molecule has 2 atom stereocenters. The summed E-state index contributed by atoms with van der Waals surface area (Å²) in [5.74, 6) is 0. The molecule has 2 rings (SSSR count). The maximum Gasteiger partial charge on any atom is 0.0343 e. The predicted octanol–water partition coefficient (Wildman–Crippen LogP) is 4.11. The van der Waals surface area contributed by atoms with Crippen molar-refractivity contribution in [2.75, 3.05) is 13.1 Å². The molecule has 0 aliphatic carbocycles. The van der Waals surface area contributed by atoms with Gasteiger partial charge in [0.15, 0.2) is 0 Å². The van der Waals surface area contributed by atoms with Crippen molar-refractivity contribution in [2.45, 2.75) is 52.7 Å². The van der Waals surface area contributed by atoms with Gasteiger partial charge in [0.25, 0.3) is 0 Å². The molecule has 1 aliphatic heterocycles. The fourth-order valence-electron chi connectivity index (χ4n) is 2.81. The monoisotopic (exact) mass is 344 g/mol. The average molecular weight is 345 g/mol. The van der Waals surface area contributed by atoms with Crippen LogP contribution in [0.1, 0.15) is 39.0 Å². The van der Waals surface area contributed by atoms with Gasteiger partial charge in [0, 0.05) is 41.1 Å². The van der Waals surface area contributed by atoms with Gasteiger partial charge in [0.2, 0.25) is 0 Å². The number of piperazine rings is 1. The molecular weight excluding hydrogens is 320 g/mol. The Morgan fingerprint density at radius 3 is 2.74 bits per heavy atom. The van der Waals surface area contributed by atoms with Gasteiger partial charge in [-0.25, -0.2) is 0 Å². The highest BCUT2D eigenvalue weighted by Gasteiger charge is 2.35. The molecule has 1 fully saturated rings. The summed E-state index contributed by atoms with van der Waals surface area (Å²) >= 11 is 5.52. The van der Waals surface area contributed by atoms with Gasteiger partial charge in [-0.3, -0.25) is 4.90 Å². The molecule has 0 aromatic carbocycles. The van der Waals surface area contributed by atoms with Crippen molar-refractivity contribution in [1.29, 1.82) is 0 Å². The van der Waals surface area contributed by atoms with E-state index in [2.05, 4.69) is 65.3 Å². The van der Waals surface area contributed by atoms with E-state index in [1.807, 2.05) is 11.3 Å². The molecule has 1 N–H and O–H groups in total. The highest BCUT2D eigenvalue weighted by molar-refractivity contribution is 9.10. The lowest BCUT2D eigenvalue weighted by Gasteiger charge is -2.46. The van der Waals surface area contributed by atoms with Crippen LogP contribution in [-0.4, -0.2) is 30.1 Å². The standard InChI is InChI=1S/C15H25BrN2S/c1-5-11-9-18(10-13-12(16)6-7-19-13)14(8-17-11)15(2,3)4/h6-7,11,14,17H,5,8-10H2,1-4H3. The van der Waals surface area contributed by atoms with Gasteiger partial charge in [0.1, 0.15) is 0 Å². The van der Waals surface area contributed by atoms with Crippen molar-refractivity contribution in [1.82, 2.24) is 10.2 Å². The summed E-state index contributed by atoms with van der Waals surface area (Å²) in [6.07, 6.45) is 1.21. The number of halogens is 1.